The number of hydrogen-bond donors (Lipinski definition) is 1. The van der Waals surface area contributed by atoms with Crippen molar-refractivity contribution < 1.29 is 9.53 Å². The zero-order valence-corrected chi connectivity index (χ0v) is 17.0. The first-order valence-corrected chi connectivity index (χ1v) is 10.2. The van der Waals surface area contributed by atoms with Crippen LogP contribution in [0.5, 0.6) is 5.75 Å². The highest BCUT2D eigenvalue weighted by atomic mass is 16.5. The standard InChI is InChI=1S/C24H27N3O2/c1-27-13-12-25-24(27)23(20-8-5-9-21(16-20)29-2)26-22(28)15-17-10-11-18-6-3-4-7-19(18)14-17/h5,8-14,16,23H,3-4,6-7,15H2,1-2H3,(H,26,28). The monoisotopic (exact) mass is 389 g/mol. The van der Waals surface area contributed by atoms with Crippen LogP contribution in [0.15, 0.2) is 54.9 Å². The summed E-state index contributed by atoms with van der Waals surface area (Å²) in [6.07, 6.45) is 8.76. The quantitative estimate of drug-likeness (QED) is 0.698. The zero-order chi connectivity index (χ0) is 20.2. The number of amides is 1. The molecule has 0 fully saturated rings. The summed E-state index contributed by atoms with van der Waals surface area (Å²) in [6.45, 7) is 0. The normalized spacial score (nSPS) is 14.1. The van der Waals surface area contributed by atoms with Gasteiger partial charge in [-0.1, -0.05) is 30.3 Å². The Hall–Kier alpha value is -3.08. The van der Waals surface area contributed by atoms with Crippen molar-refractivity contribution in [1.82, 2.24) is 14.9 Å². The third-order valence-corrected chi connectivity index (χ3v) is 5.63. The third kappa shape index (κ3) is 4.34. The Labute approximate surface area is 171 Å². The lowest BCUT2D eigenvalue weighted by Crippen LogP contribution is -2.32. The second kappa shape index (κ2) is 8.52. The van der Waals surface area contributed by atoms with Gasteiger partial charge in [-0.3, -0.25) is 4.79 Å². The smallest absolute Gasteiger partial charge is 0.225 e. The molecule has 5 nitrogen and oxygen atoms in total. The average molecular weight is 389 g/mol. The highest BCUT2D eigenvalue weighted by molar-refractivity contribution is 5.79. The first kappa shape index (κ1) is 19.2. The van der Waals surface area contributed by atoms with Crippen LogP contribution in [0.25, 0.3) is 0 Å². The number of nitrogens with one attached hydrogen (secondary N) is 1. The van der Waals surface area contributed by atoms with E-state index in [4.69, 9.17) is 4.74 Å². The molecule has 1 aliphatic rings. The summed E-state index contributed by atoms with van der Waals surface area (Å²) in [5, 5.41) is 3.18. The minimum atomic E-state index is -0.338. The summed E-state index contributed by atoms with van der Waals surface area (Å²) in [5.41, 5.74) is 4.84. The molecule has 4 rings (SSSR count). The van der Waals surface area contributed by atoms with Crippen LogP contribution in [0.1, 0.15) is 47.0 Å². The molecule has 0 radical (unpaired) electrons. The van der Waals surface area contributed by atoms with E-state index < -0.39 is 0 Å². The van der Waals surface area contributed by atoms with E-state index in [1.54, 1.807) is 13.3 Å². The van der Waals surface area contributed by atoms with Crippen LogP contribution >= 0.6 is 0 Å². The predicted molar refractivity (Wildman–Crippen MR) is 113 cm³/mol. The molecule has 1 unspecified atom stereocenters. The van der Waals surface area contributed by atoms with Gasteiger partial charge in [-0.2, -0.15) is 0 Å². The van der Waals surface area contributed by atoms with Gasteiger partial charge in [-0.05, 0) is 60.1 Å². The molecule has 1 aromatic heterocycles. The van der Waals surface area contributed by atoms with Crippen molar-refractivity contribution in [2.45, 2.75) is 38.1 Å². The first-order chi connectivity index (χ1) is 14.1. The molecule has 0 saturated carbocycles. The Bertz CT molecular complexity index is 1010. The number of benzene rings is 2. The summed E-state index contributed by atoms with van der Waals surface area (Å²) in [5.74, 6) is 1.53. The van der Waals surface area contributed by atoms with Crippen LogP contribution in [0.3, 0.4) is 0 Å². The van der Waals surface area contributed by atoms with E-state index in [0.717, 1.165) is 35.5 Å². The fourth-order valence-corrected chi connectivity index (χ4v) is 4.07. The summed E-state index contributed by atoms with van der Waals surface area (Å²) in [7, 11) is 3.58. The second-order valence-corrected chi connectivity index (χ2v) is 7.66. The lowest BCUT2D eigenvalue weighted by molar-refractivity contribution is -0.121. The van der Waals surface area contributed by atoms with E-state index in [0.29, 0.717) is 6.42 Å². The molecule has 0 bridgehead atoms. The number of carbonyl (C=O) groups excluding carboxylic acids is 1. The van der Waals surface area contributed by atoms with Crippen LogP contribution in [0.4, 0.5) is 0 Å². The van der Waals surface area contributed by atoms with Crippen LogP contribution in [-0.2, 0) is 31.1 Å². The molecular weight excluding hydrogens is 362 g/mol. The fourth-order valence-electron chi connectivity index (χ4n) is 4.07. The first-order valence-electron chi connectivity index (χ1n) is 10.2. The van der Waals surface area contributed by atoms with Crippen molar-refractivity contribution in [2.24, 2.45) is 7.05 Å². The van der Waals surface area contributed by atoms with Gasteiger partial charge in [0.05, 0.1) is 13.5 Å². The number of carbonyl (C=O) groups is 1. The molecule has 0 saturated heterocycles. The van der Waals surface area contributed by atoms with E-state index in [-0.39, 0.29) is 11.9 Å². The van der Waals surface area contributed by atoms with Crippen LogP contribution in [0, 0.1) is 0 Å². The molecule has 1 heterocycles. The number of rotatable bonds is 6. The lowest BCUT2D eigenvalue weighted by atomic mass is 9.90. The molecule has 0 aliphatic heterocycles. The maximum absolute atomic E-state index is 12.9. The van der Waals surface area contributed by atoms with Gasteiger partial charge in [0.1, 0.15) is 17.6 Å². The van der Waals surface area contributed by atoms with Gasteiger partial charge in [0, 0.05) is 19.4 Å². The summed E-state index contributed by atoms with van der Waals surface area (Å²) in [6, 6.07) is 13.9. The zero-order valence-electron chi connectivity index (χ0n) is 17.0. The second-order valence-electron chi connectivity index (χ2n) is 7.66. The minimum absolute atomic E-state index is 0.0171. The number of aromatic nitrogens is 2. The molecule has 5 heteroatoms. The minimum Gasteiger partial charge on any atom is -0.497 e. The van der Waals surface area contributed by atoms with Crippen LogP contribution in [-0.4, -0.2) is 22.6 Å². The maximum atomic E-state index is 12.9. The summed E-state index contributed by atoms with van der Waals surface area (Å²) < 4.78 is 7.30. The van der Waals surface area contributed by atoms with Gasteiger partial charge in [0.25, 0.3) is 0 Å². The van der Waals surface area contributed by atoms with Gasteiger partial charge in [0.2, 0.25) is 5.91 Å². The number of methoxy groups -OCH3 is 1. The number of ether oxygens (including phenoxy) is 1. The molecule has 150 valence electrons. The summed E-state index contributed by atoms with van der Waals surface area (Å²) >= 11 is 0. The van der Waals surface area contributed by atoms with Crippen LogP contribution < -0.4 is 10.1 Å². The van der Waals surface area contributed by atoms with Gasteiger partial charge in [-0.25, -0.2) is 4.98 Å². The SMILES string of the molecule is COc1cccc(C(NC(=O)Cc2ccc3c(c2)CCCC3)c2nccn2C)c1. The van der Waals surface area contributed by atoms with Crippen molar-refractivity contribution in [2.75, 3.05) is 7.11 Å². The van der Waals surface area contributed by atoms with E-state index in [9.17, 15) is 4.79 Å². The van der Waals surface area contributed by atoms with Crippen molar-refractivity contribution in [1.29, 1.82) is 0 Å². The molecular formula is C24H27N3O2. The molecule has 1 N–H and O–H groups in total. The number of fused-ring (bicyclic) bond motifs is 1. The van der Waals surface area contributed by atoms with Gasteiger partial charge < -0.3 is 14.6 Å². The average Bonchev–Trinajstić information content (AvgIpc) is 3.17. The van der Waals surface area contributed by atoms with E-state index in [1.807, 2.05) is 42.1 Å². The third-order valence-electron chi connectivity index (χ3n) is 5.63. The number of hydrogen-bond acceptors (Lipinski definition) is 3. The Morgan fingerprint density at radius 2 is 2.00 bits per heavy atom. The number of aryl methyl sites for hydroxylation is 3. The molecule has 0 spiro atoms. The Balaban J connectivity index is 1.56. The van der Waals surface area contributed by atoms with E-state index >= 15 is 0 Å². The lowest BCUT2D eigenvalue weighted by Gasteiger charge is -2.20. The maximum Gasteiger partial charge on any atom is 0.225 e. The molecule has 29 heavy (non-hydrogen) atoms. The van der Waals surface area contributed by atoms with Crippen molar-refractivity contribution in [3.63, 3.8) is 0 Å². The molecule has 3 aromatic rings. The van der Waals surface area contributed by atoms with Crippen molar-refractivity contribution in [3.05, 3.63) is 82.9 Å². The van der Waals surface area contributed by atoms with Crippen LogP contribution in [0.2, 0.25) is 0 Å². The molecule has 1 atom stereocenters. The van der Waals surface area contributed by atoms with Crippen molar-refractivity contribution >= 4 is 5.91 Å². The van der Waals surface area contributed by atoms with Gasteiger partial charge in [0.15, 0.2) is 0 Å². The molecule has 1 aliphatic carbocycles. The van der Waals surface area contributed by atoms with Gasteiger partial charge in [-0.15, -0.1) is 0 Å². The highest BCUT2D eigenvalue weighted by Gasteiger charge is 2.21. The topological polar surface area (TPSA) is 56.1 Å². The number of nitrogens with zero attached hydrogens (tertiary/aromatic N) is 2. The number of imidazole rings is 1. The van der Waals surface area contributed by atoms with E-state index in [2.05, 4.69) is 28.5 Å². The van der Waals surface area contributed by atoms with Gasteiger partial charge >= 0.3 is 0 Å². The van der Waals surface area contributed by atoms with E-state index in [1.165, 1.54) is 24.0 Å². The summed E-state index contributed by atoms with van der Waals surface area (Å²) in [4.78, 5) is 17.4. The fraction of sp³-hybridized carbons (Fsp3) is 0.333. The van der Waals surface area contributed by atoms with Crippen molar-refractivity contribution in [3.8, 4) is 5.75 Å². The highest BCUT2D eigenvalue weighted by Crippen LogP contribution is 2.25. The largest absolute Gasteiger partial charge is 0.497 e. The predicted octanol–water partition coefficient (Wildman–Crippen LogP) is 3.76. The Kier molecular flexibility index (Phi) is 5.65. The molecule has 1 amide bonds. The Morgan fingerprint density at radius 1 is 1.17 bits per heavy atom. The molecule has 2 aromatic carbocycles. The Morgan fingerprint density at radius 3 is 2.76 bits per heavy atom.